The monoisotopic (exact) mass is 583 g/mol. The fourth-order valence-corrected chi connectivity index (χ4v) is 4.79. The van der Waals surface area contributed by atoms with Gasteiger partial charge in [0.1, 0.15) is 36.9 Å². The molecule has 2 aromatic carbocycles. The number of carbonyl (C=O) groups is 2. The van der Waals surface area contributed by atoms with Gasteiger partial charge in [-0.05, 0) is 51.0 Å². The molecule has 2 aliphatic heterocycles. The molecule has 0 radical (unpaired) electrons. The third-order valence-corrected chi connectivity index (χ3v) is 7.27. The van der Waals surface area contributed by atoms with Crippen molar-refractivity contribution in [1.82, 2.24) is 14.9 Å². The predicted molar refractivity (Wildman–Crippen MR) is 153 cm³/mol. The van der Waals surface area contributed by atoms with Gasteiger partial charge in [0.15, 0.2) is 0 Å². The minimum atomic E-state index is -0.528. The minimum Gasteiger partial charge on any atom is -0.489 e. The molecule has 12 heteroatoms. The maximum Gasteiger partial charge on any atom is 0.320 e. The Bertz CT molecular complexity index is 1480. The van der Waals surface area contributed by atoms with Gasteiger partial charge in [0.2, 0.25) is 5.91 Å². The third-order valence-electron chi connectivity index (χ3n) is 6.98. The van der Waals surface area contributed by atoms with E-state index >= 15 is 0 Å². The van der Waals surface area contributed by atoms with Gasteiger partial charge in [-0.15, -0.1) is 0 Å². The first-order valence-corrected chi connectivity index (χ1v) is 13.7. The molecule has 2 saturated heterocycles. The van der Waals surface area contributed by atoms with E-state index in [4.69, 9.17) is 25.8 Å². The molecule has 5 rings (SSSR count). The van der Waals surface area contributed by atoms with Gasteiger partial charge in [0.05, 0.1) is 34.4 Å². The van der Waals surface area contributed by atoms with Crippen molar-refractivity contribution in [2.24, 2.45) is 0 Å². The SMILES string of the molecule is CC1(C)COC(=O)CN1C/C=C/C(=O)Nc1cc2c(Nc3ccc(F)c(Cl)c3)ncnc2cc1OCC1CCCO1. The van der Waals surface area contributed by atoms with E-state index in [2.05, 4.69) is 20.6 Å². The van der Waals surface area contributed by atoms with Crippen LogP contribution in [0.15, 0.2) is 48.8 Å². The molecule has 10 nitrogen and oxygen atoms in total. The van der Waals surface area contributed by atoms with Crippen LogP contribution in [0.3, 0.4) is 0 Å². The van der Waals surface area contributed by atoms with Gasteiger partial charge in [0.25, 0.3) is 0 Å². The number of benzene rings is 2. The second kappa shape index (κ2) is 12.4. The highest BCUT2D eigenvalue weighted by atomic mass is 35.5. The van der Waals surface area contributed by atoms with Crippen molar-refractivity contribution in [1.29, 1.82) is 0 Å². The molecule has 3 heterocycles. The lowest BCUT2D eigenvalue weighted by Gasteiger charge is -2.40. The number of halogens is 2. The number of ether oxygens (including phenoxy) is 3. The highest BCUT2D eigenvalue weighted by Gasteiger charge is 2.34. The van der Waals surface area contributed by atoms with Crippen LogP contribution in [0.5, 0.6) is 5.75 Å². The Kier molecular flexibility index (Phi) is 8.67. The summed E-state index contributed by atoms with van der Waals surface area (Å²) in [6, 6.07) is 7.72. The van der Waals surface area contributed by atoms with Crippen LogP contribution in [0, 0.1) is 5.82 Å². The van der Waals surface area contributed by atoms with E-state index in [0.717, 1.165) is 12.8 Å². The lowest BCUT2D eigenvalue weighted by atomic mass is 10.0. The summed E-state index contributed by atoms with van der Waals surface area (Å²) < 4.78 is 30.6. The Balaban J connectivity index is 1.38. The number of rotatable bonds is 9. The number of nitrogens with zero attached hydrogens (tertiary/aromatic N) is 3. The first-order chi connectivity index (χ1) is 19.7. The van der Waals surface area contributed by atoms with E-state index in [1.807, 2.05) is 18.7 Å². The molecule has 2 fully saturated rings. The number of esters is 1. The van der Waals surface area contributed by atoms with Gasteiger partial charge in [-0.1, -0.05) is 17.7 Å². The number of hydrogen-bond donors (Lipinski definition) is 2. The third kappa shape index (κ3) is 7.10. The van der Waals surface area contributed by atoms with Crippen molar-refractivity contribution in [3.05, 3.63) is 59.7 Å². The molecule has 0 saturated carbocycles. The molecule has 0 aliphatic carbocycles. The van der Waals surface area contributed by atoms with E-state index in [1.165, 1.54) is 24.5 Å². The van der Waals surface area contributed by atoms with Crippen LogP contribution in [0.4, 0.5) is 21.6 Å². The number of hydrogen-bond acceptors (Lipinski definition) is 9. The van der Waals surface area contributed by atoms with Crippen molar-refractivity contribution in [2.45, 2.75) is 38.3 Å². The Morgan fingerprint density at radius 2 is 2.15 bits per heavy atom. The molecular formula is C29H31ClFN5O5. The summed E-state index contributed by atoms with van der Waals surface area (Å²) >= 11 is 5.95. The molecule has 2 aliphatic rings. The number of amides is 1. The van der Waals surface area contributed by atoms with Gasteiger partial charge in [-0.2, -0.15) is 0 Å². The van der Waals surface area contributed by atoms with Crippen molar-refractivity contribution in [2.75, 3.05) is 43.5 Å². The zero-order valence-electron chi connectivity index (χ0n) is 22.8. The molecule has 1 unspecified atom stereocenters. The normalized spacial score (nSPS) is 18.9. The second-order valence-corrected chi connectivity index (χ2v) is 10.9. The molecular weight excluding hydrogens is 553 g/mol. The first-order valence-electron chi connectivity index (χ1n) is 13.3. The molecule has 0 bridgehead atoms. The van der Waals surface area contributed by atoms with Gasteiger partial charge in [-0.25, -0.2) is 14.4 Å². The van der Waals surface area contributed by atoms with E-state index in [1.54, 1.807) is 24.3 Å². The molecule has 1 atom stereocenters. The van der Waals surface area contributed by atoms with Crippen LogP contribution in [-0.2, 0) is 19.1 Å². The number of nitrogens with one attached hydrogen (secondary N) is 2. The number of morpholine rings is 1. The lowest BCUT2D eigenvalue weighted by molar-refractivity contribution is -0.159. The van der Waals surface area contributed by atoms with Gasteiger partial charge in [-0.3, -0.25) is 14.5 Å². The van der Waals surface area contributed by atoms with Gasteiger partial charge >= 0.3 is 5.97 Å². The molecule has 0 spiro atoms. The number of carbonyl (C=O) groups excluding carboxylic acids is 2. The average molecular weight is 584 g/mol. The van der Waals surface area contributed by atoms with Crippen LogP contribution in [0.25, 0.3) is 10.9 Å². The number of cyclic esters (lactones) is 1. The van der Waals surface area contributed by atoms with Crippen LogP contribution in [0.1, 0.15) is 26.7 Å². The number of fused-ring (bicyclic) bond motifs is 1. The summed E-state index contributed by atoms with van der Waals surface area (Å²) in [5, 5.41) is 6.61. The summed E-state index contributed by atoms with van der Waals surface area (Å²) in [7, 11) is 0. The molecule has 2 N–H and O–H groups in total. The summed E-state index contributed by atoms with van der Waals surface area (Å²) in [6.45, 7) is 5.83. The molecule has 1 amide bonds. The smallest absolute Gasteiger partial charge is 0.320 e. The zero-order valence-corrected chi connectivity index (χ0v) is 23.5. The second-order valence-electron chi connectivity index (χ2n) is 10.5. The fourth-order valence-electron chi connectivity index (χ4n) is 4.61. The number of anilines is 3. The van der Waals surface area contributed by atoms with Crippen LogP contribution >= 0.6 is 11.6 Å². The van der Waals surface area contributed by atoms with Crippen molar-refractivity contribution >= 4 is 51.6 Å². The Hall–Kier alpha value is -3.80. The fraction of sp³-hybridized carbons (Fsp3) is 0.379. The van der Waals surface area contributed by atoms with Crippen LogP contribution in [0.2, 0.25) is 5.02 Å². The van der Waals surface area contributed by atoms with E-state index in [-0.39, 0.29) is 41.7 Å². The molecule has 3 aromatic rings. The molecule has 216 valence electrons. The Labute approximate surface area is 241 Å². The van der Waals surface area contributed by atoms with Crippen molar-refractivity contribution < 1.29 is 28.2 Å². The number of aromatic nitrogens is 2. The highest BCUT2D eigenvalue weighted by Crippen LogP contribution is 2.34. The van der Waals surface area contributed by atoms with Crippen molar-refractivity contribution in [3.63, 3.8) is 0 Å². The standard InChI is InChI=1S/C29H31ClFN5O5/c1-29(2)16-41-27(38)14-36(29)9-3-6-26(37)35-24-12-20-23(13-25(24)40-15-19-5-4-10-39-19)32-17-33-28(20)34-18-7-8-22(31)21(30)11-18/h3,6-8,11-13,17,19H,4-5,9-10,14-16H2,1-2H3,(H,35,37)(H,32,33,34)/b6-3+. The average Bonchev–Trinajstić information content (AvgIpc) is 3.46. The molecule has 41 heavy (non-hydrogen) atoms. The lowest BCUT2D eigenvalue weighted by Crippen LogP contribution is -2.54. The maximum absolute atomic E-state index is 13.7. The van der Waals surface area contributed by atoms with Gasteiger partial charge < -0.3 is 24.8 Å². The summed E-state index contributed by atoms with van der Waals surface area (Å²) in [5.41, 5.74) is 1.19. The predicted octanol–water partition coefficient (Wildman–Crippen LogP) is 4.86. The van der Waals surface area contributed by atoms with Crippen molar-refractivity contribution in [3.8, 4) is 5.75 Å². The first kappa shape index (κ1) is 28.7. The quantitative estimate of drug-likeness (QED) is 0.269. The van der Waals surface area contributed by atoms with E-state index < -0.39 is 5.82 Å². The zero-order chi connectivity index (χ0) is 29.0. The highest BCUT2D eigenvalue weighted by molar-refractivity contribution is 6.31. The summed E-state index contributed by atoms with van der Waals surface area (Å²) in [6.07, 6.45) is 6.37. The van der Waals surface area contributed by atoms with Crippen LogP contribution < -0.4 is 15.4 Å². The summed E-state index contributed by atoms with van der Waals surface area (Å²) in [5.74, 6) is -0.321. The van der Waals surface area contributed by atoms with E-state index in [0.29, 0.717) is 53.6 Å². The Morgan fingerprint density at radius 1 is 1.29 bits per heavy atom. The largest absolute Gasteiger partial charge is 0.489 e. The molecule has 1 aromatic heterocycles. The maximum atomic E-state index is 13.7. The topological polar surface area (TPSA) is 115 Å². The van der Waals surface area contributed by atoms with Gasteiger partial charge in [0, 0.05) is 36.4 Å². The minimum absolute atomic E-state index is 0.0252. The summed E-state index contributed by atoms with van der Waals surface area (Å²) in [4.78, 5) is 35.4. The Morgan fingerprint density at radius 3 is 2.93 bits per heavy atom. The van der Waals surface area contributed by atoms with Crippen LogP contribution in [-0.4, -0.2) is 71.3 Å². The van der Waals surface area contributed by atoms with E-state index in [9.17, 15) is 14.0 Å².